The molecular formula is C13H12N6O2. The summed E-state index contributed by atoms with van der Waals surface area (Å²) in [5.41, 5.74) is -0.0325. The molecule has 2 aromatic heterocycles. The number of hydrogen-bond donors (Lipinski definition) is 2. The van der Waals surface area contributed by atoms with Crippen molar-refractivity contribution >= 4 is 24.0 Å². The molecule has 0 aromatic carbocycles. The van der Waals surface area contributed by atoms with Crippen LogP contribution in [0.2, 0.25) is 0 Å². The number of hydrogen-bond acceptors (Lipinski definition) is 7. The van der Waals surface area contributed by atoms with Crippen LogP contribution in [0, 0.1) is 0 Å². The van der Waals surface area contributed by atoms with Gasteiger partial charge in [0.2, 0.25) is 11.9 Å². The molecule has 0 bridgehead atoms. The number of anilines is 1. The Morgan fingerprint density at radius 1 is 1.14 bits per heavy atom. The Kier molecular flexibility index (Phi) is 4.65. The van der Waals surface area contributed by atoms with Crippen LogP contribution in [0.3, 0.4) is 0 Å². The summed E-state index contributed by atoms with van der Waals surface area (Å²) in [4.78, 5) is 31.5. The summed E-state index contributed by atoms with van der Waals surface area (Å²) in [5.74, 6) is -0.463. The van der Waals surface area contributed by atoms with E-state index in [4.69, 9.17) is 0 Å². The minimum atomic E-state index is -0.583. The molecule has 1 amide bonds. The van der Waals surface area contributed by atoms with Crippen molar-refractivity contribution in [2.75, 3.05) is 5.32 Å². The summed E-state index contributed by atoms with van der Waals surface area (Å²) >= 11 is 0. The molecule has 0 aliphatic carbocycles. The minimum Gasteiger partial charge on any atom is -0.512 e. The second-order valence-electron chi connectivity index (χ2n) is 3.83. The quantitative estimate of drug-likeness (QED) is 0.499. The van der Waals surface area contributed by atoms with Crippen LogP contribution >= 0.6 is 0 Å². The van der Waals surface area contributed by atoms with Crippen molar-refractivity contribution in [1.82, 2.24) is 19.9 Å². The van der Waals surface area contributed by atoms with E-state index in [9.17, 15) is 9.90 Å². The number of carbonyl (C=O) groups excluding carboxylic acids is 1. The molecule has 0 atom stereocenters. The number of aliphatic imine (C=N–C) groups is 1. The molecule has 0 fully saturated rings. The van der Waals surface area contributed by atoms with Crippen molar-refractivity contribution in [1.29, 1.82) is 0 Å². The van der Waals surface area contributed by atoms with Gasteiger partial charge in [-0.3, -0.25) is 10.1 Å². The van der Waals surface area contributed by atoms with Crippen LogP contribution in [0.5, 0.6) is 0 Å². The standard InChI is InChI=1S/C13H12N6O2/c1-9(20)10(8-18-12-14-4-2-5-15-12)11(21)19-13-16-6-3-7-17-13/h2-8,20H,1H3,(H,16,17,19,21)/b10-9+,18-8+. The smallest absolute Gasteiger partial charge is 0.262 e. The Hall–Kier alpha value is -3.16. The molecule has 0 aliphatic rings. The van der Waals surface area contributed by atoms with Gasteiger partial charge in [-0.05, 0) is 19.1 Å². The van der Waals surface area contributed by atoms with Gasteiger partial charge in [-0.25, -0.2) is 24.9 Å². The van der Waals surface area contributed by atoms with Gasteiger partial charge >= 0.3 is 0 Å². The van der Waals surface area contributed by atoms with Crippen LogP contribution in [0.1, 0.15) is 6.92 Å². The Bertz CT molecular complexity index is 666. The van der Waals surface area contributed by atoms with Crippen molar-refractivity contribution in [3.8, 4) is 0 Å². The van der Waals surface area contributed by atoms with Crippen LogP contribution in [-0.4, -0.2) is 37.2 Å². The van der Waals surface area contributed by atoms with Crippen molar-refractivity contribution < 1.29 is 9.90 Å². The van der Waals surface area contributed by atoms with E-state index in [1.54, 1.807) is 12.1 Å². The van der Waals surface area contributed by atoms with Gasteiger partial charge in [-0.15, -0.1) is 0 Å². The van der Waals surface area contributed by atoms with Crippen LogP contribution < -0.4 is 5.32 Å². The Balaban J connectivity index is 2.15. The number of nitrogens with one attached hydrogen (secondary N) is 1. The molecule has 2 N–H and O–H groups in total. The minimum absolute atomic E-state index is 0.0325. The molecule has 8 heteroatoms. The zero-order valence-electron chi connectivity index (χ0n) is 11.1. The number of rotatable bonds is 4. The zero-order chi connectivity index (χ0) is 15.1. The number of aliphatic hydroxyl groups is 1. The third-order valence-electron chi connectivity index (χ3n) is 2.29. The number of nitrogens with zero attached hydrogens (tertiary/aromatic N) is 5. The molecule has 2 aromatic rings. The van der Waals surface area contributed by atoms with E-state index in [1.165, 1.54) is 37.9 Å². The molecule has 2 rings (SSSR count). The van der Waals surface area contributed by atoms with Gasteiger partial charge in [0.25, 0.3) is 5.91 Å². The molecule has 106 valence electrons. The molecule has 0 unspecified atom stereocenters. The van der Waals surface area contributed by atoms with E-state index in [2.05, 4.69) is 30.2 Å². The maximum Gasteiger partial charge on any atom is 0.262 e. The summed E-state index contributed by atoms with van der Waals surface area (Å²) in [6, 6.07) is 3.27. The number of aromatic nitrogens is 4. The fourth-order valence-electron chi connectivity index (χ4n) is 1.33. The van der Waals surface area contributed by atoms with E-state index >= 15 is 0 Å². The molecule has 0 spiro atoms. The highest BCUT2D eigenvalue weighted by atomic mass is 16.3. The zero-order valence-corrected chi connectivity index (χ0v) is 11.1. The molecule has 2 heterocycles. The first-order chi connectivity index (χ1) is 10.2. The van der Waals surface area contributed by atoms with Crippen molar-refractivity contribution in [3.05, 3.63) is 48.3 Å². The van der Waals surface area contributed by atoms with E-state index in [0.29, 0.717) is 0 Å². The van der Waals surface area contributed by atoms with Gasteiger partial charge in [0.05, 0.1) is 5.57 Å². The number of amides is 1. The highest BCUT2D eigenvalue weighted by Crippen LogP contribution is 2.06. The lowest BCUT2D eigenvalue weighted by Crippen LogP contribution is -2.18. The van der Waals surface area contributed by atoms with E-state index in [-0.39, 0.29) is 23.2 Å². The topological polar surface area (TPSA) is 113 Å². The molecule has 0 saturated carbocycles. The van der Waals surface area contributed by atoms with Crippen LogP contribution in [0.15, 0.2) is 53.2 Å². The summed E-state index contributed by atoms with van der Waals surface area (Å²) in [5, 5.41) is 12.0. The van der Waals surface area contributed by atoms with Crippen molar-refractivity contribution in [3.63, 3.8) is 0 Å². The third kappa shape index (κ3) is 4.16. The number of aliphatic hydroxyl groups excluding tert-OH is 1. The highest BCUT2D eigenvalue weighted by Gasteiger charge is 2.12. The fraction of sp³-hybridized carbons (Fsp3) is 0.0769. The summed E-state index contributed by atoms with van der Waals surface area (Å²) in [6.45, 7) is 1.37. The van der Waals surface area contributed by atoms with Gasteiger partial charge in [-0.2, -0.15) is 0 Å². The average molecular weight is 284 g/mol. The number of carbonyl (C=O) groups is 1. The second-order valence-corrected chi connectivity index (χ2v) is 3.83. The SMILES string of the molecule is C/C(O)=C(/C=N/c1ncccn1)C(=O)Nc1ncccn1. The molecule has 21 heavy (non-hydrogen) atoms. The first-order valence-corrected chi connectivity index (χ1v) is 5.96. The van der Waals surface area contributed by atoms with Crippen molar-refractivity contribution in [2.45, 2.75) is 6.92 Å². The lowest BCUT2D eigenvalue weighted by Gasteiger charge is -2.04. The van der Waals surface area contributed by atoms with E-state index < -0.39 is 5.91 Å². The molecular weight excluding hydrogens is 272 g/mol. The summed E-state index contributed by atoms with van der Waals surface area (Å²) in [6.07, 6.45) is 7.20. The van der Waals surface area contributed by atoms with Gasteiger partial charge in [0, 0.05) is 31.0 Å². The summed E-state index contributed by atoms with van der Waals surface area (Å²) < 4.78 is 0. The van der Waals surface area contributed by atoms with Gasteiger partial charge < -0.3 is 5.11 Å². The van der Waals surface area contributed by atoms with Crippen molar-refractivity contribution in [2.24, 2.45) is 4.99 Å². The predicted octanol–water partition coefficient (Wildman–Crippen LogP) is 1.44. The Morgan fingerprint density at radius 3 is 2.29 bits per heavy atom. The summed E-state index contributed by atoms with van der Waals surface area (Å²) in [7, 11) is 0. The van der Waals surface area contributed by atoms with Gasteiger partial charge in [0.15, 0.2) is 0 Å². The largest absolute Gasteiger partial charge is 0.512 e. The average Bonchev–Trinajstić information content (AvgIpc) is 2.49. The lowest BCUT2D eigenvalue weighted by molar-refractivity contribution is -0.112. The number of allylic oxidation sites excluding steroid dienone is 1. The van der Waals surface area contributed by atoms with Crippen LogP contribution in [0.25, 0.3) is 0 Å². The molecule has 0 aliphatic heterocycles. The Labute approximate surface area is 120 Å². The van der Waals surface area contributed by atoms with E-state index in [0.717, 1.165) is 0 Å². The van der Waals surface area contributed by atoms with Gasteiger partial charge in [0.1, 0.15) is 5.76 Å². The first-order valence-electron chi connectivity index (χ1n) is 5.96. The third-order valence-corrected chi connectivity index (χ3v) is 2.29. The Morgan fingerprint density at radius 2 is 1.71 bits per heavy atom. The fourth-order valence-corrected chi connectivity index (χ4v) is 1.33. The lowest BCUT2D eigenvalue weighted by atomic mass is 10.2. The maximum absolute atomic E-state index is 12.0. The first kappa shape index (κ1) is 14.3. The predicted molar refractivity (Wildman–Crippen MR) is 76.2 cm³/mol. The monoisotopic (exact) mass is 284 g/mol. The maximum atomic E-state index is 12.0. The highest BCUT2D eigenvalue weighted by molar-refractivity contribution is 6.17. The van der Waals surface area contributed by atoms with Gasteiger partial charge in [-0.1, -0.05) is 0 Å². The molecule has 0 saturated heterocycles. The second kappa shape index (κ2) is 6.85. The normalized spacial score (nSPS) is 12.0. The van der Waals surface area contributed by atoms with Crippen LogP contribution in [-0.2, 0) is 4.79 Å². The van der Waals surface area contributed by atoms with E-state index in [1.807, 2.05) is 0 Å². The van der Waals surface area contributed by atoms with Crippen LogP contribution in [0.4, 0.5) is 11.9 Å². The molecule has 0 radical (unpaired) electrons. The molecule has 8 nitrogen and oxygen atoms in total.